The van der Waals surface area contributed by atoms with Crippen molar-refractivity contribution in [3.8, 4) is 17.0 Å². The van der Waals surface area contributed by atoms with Crippen LogP contribution >= 0.6 is 0 Å². The molecule has 0 fully saturated rings. The molecular weight excluding hydrogens is 430 g/mol. The van der Waals surface area contributed by atoms with E-state index in [2.05, 4.69) is 24.5 Å². The van der Waals surface area contributed by atoms with Gasteiger partial charge in [-0.15, -0.1) is 0 Å². The maximum Gasteiger partial charge on any atom is 0.331 e. The van der Waals surface area contributed by atoms with Gasteiger partial charge in [-0.25, -0.2) is 4.79 Å². The number of ether oxygens (including phenoxy) is 1. The average Bonchev–Trinajstić information content (AvgIpc) is 3.15. The number of hydrogen-bond acceptors (Lipinski definition) is 4. The summed E-state index contributed by atoms with van der Waals surface area (Å²) in [4.78, 5) is 26.6. The van der Waals surface area contributed by atoms with Crippen LogP contribution in [0, 0.1) is 13.8 Å². The third kappa shape index (κ3) is 3.07. The van der Waals surface area contributed by atoms with E-state index < -0.39 is 17.3 Å². The van der Waals surface area contributed by atoms with Gasteiger partial charge >= 0.3 is 5.69 Å². The van der Waals surface area contributed by atoms with E-state index >= 15 is 0 Å². The summed E-state index contributed by atoms with van der Waals surface area (Å²) in [6.07, 6.45) is -0.646. The van der Waals surface area contributed by atoms with Crippen molar-refractivity contribution in [2.45, 2.75) is 39.3 Å². The van der Waals surface area contributed by atoms with Gasteiger partial charge in [-0.05, 0) is 51.0 Å². The number of hydrogen-bond donors (Lipinski definition) is 1. The van der Waals surface area contributed by atoms with Crippen LogP contribution in [0.2, 0.25) is 0 Å². The van der Waals surface area contributed by atoms with Gasteiger partial charge in [-0.1, -0.05) is 35.9 Å². The van der Waals surface area contributed by atoms with E-state index in [0.29, 0.717) is 28.8 Å². The van der Waals surface area contributed by atoms with Crippen molar-refractivity contribution in [2.75, 3.05) is 6.61 Å². The third-order valence-electron chi connectivity index (χ3n) is 6.83. The first kappa shape index (κ1) is 22.2. The lowest BCUT2D eigenvalue weighted by atomic mass is 9.97. The van der Waals surface area contributed by atoms with Crippen molar-refractivity contribution in [3.05, 3.63) is 85.7 Å². The van der Waals surface area contributed by atoms with Crippen LogP contribution in [-0.2, 0) is 24.4 Å². The predicted octanol–water partition coefficient (Wildman–Crippen LogP) is 3.88. The number of aromatic hydroxyl groups is 1. The Morgan fingerprint density at radius 3 is 2.38 bits per heavy atom. The second kappa shape index (κ2) is 7.46. The fourth-order valence-corrected chi connectivity index (χ4v) is 5.17. The van der Waals surface area contributed by atoms with Crippen LogP contribution in [0.1, 0.15) is 42.3 Å². The van der Waals surface area contributed by atoms with Crippen molar-refractivity contribution >= 4 is 10.9 Å². The number of phenolic OH excluding ortho intramolecular Hbond substituents is 1. The van der Waals surface area contributed by atoms with E-state index in [-0.39, 0.29) is 11.3 Å². The molecule has 4 aromatic rings. The van der Waals surface area contributed by atoms with Crippen molar-refractivity contribution in [1.29, 1.82) is 0 Å². The second-order valence-corrected chi connectivity index (χ2v) is 9.93. The van der Waals surface area contributed by atoms with Crippen LogP contribution in [0.25, 0.3) is 22.2 Å². The minimum absolute atomic E-state index is 0.122. The fraction of sp³-hybridized carbons (Fsp3) is 0.333. The molecule has 3 heterocycles. The number of rotatable bonds is 2. The van der Waals surface area contributed by atoms with Crippen LogP contribution in [0.15, 0.2) is 52.1 Å². The smallest absolute Gasteiger partial charge is 0.331 e. The van der Waals surface area contributed by atoms with Gasteiger partial charge in [-0.3, -0.25) is 13.9 Å². The summed E-state index contributed by atoms with van der Waals surface area (Å²) in [5, 5.41) is 11.3. The van der Waals surface area contributed by atoms with Gasteiger partial charge in [0.25, 0.3) is 5.56 Å². The van der Waals surface area contributed by atoms with Crippen molar-refractivity contribution in [1.82, 2.24) is 13.7 Å². The Bertz CT molecular complexity index is 1590. The SMILES string of the molecule is Cc1cccc(-c2c3c(=O)n(C)c(=O)n(C)c3c3n2C(C)(C)CO[C@@H]3c2ccc(C)cc2O)c1. The van der Waals surface area contributed by atoms with E-state index in [9.17, 15) is 14.7 Å². The molecule has 2 aromatic carbocycles. The molecule has 176 valence electrons. The van der Waals surface area contributed by atoms with E-state index in [4.69, 9.17) is 4.74 Å². The summed E-state index contributed by atoms with van der Waals surface area (Å²) in [5.41, 5.74) is 4.22. The highest BCUT2D eigenvalue weighted by Crippen LogP contribution is 2.47. The molecule has 1 N–H and O–H groups in total. The molecule has 0 saturated heterocycles. The highest BCUT2D eigenvalue weighted by Gasteiger charge is 2.41. The number of aromatic nitrogens is 3. The first-order chi connectivity index (χ1) is 16.0. The van der Waals surface area contributed by atoms with Gasteiger partial charge < -0.3 is 14.4 Å². The molecule has 1 aliphatic rings. The van der Waals surface area contributed by atoms with Gasteiger partial charge in [0.15, 0.2) is 0 Å². The van der Waals surface area contributed by atoms with Crippen LogP contribution < -0.4 is 11.2 Å². The number of nitrogens with zero attached hydrogens (tertiary/aromatic N) is 3. The van der Waals surface area contributed by atoms with Gasteiger partial charge in [0.2, 0.25) is 0 Å². The summed E-state index contributed by atoms with van der Waals surface area (Å²) < 4.78 is 11.2. The van der Waals surface area contributed by atoms with Crippen molar-refractivity contribution in [2.24, 2.45) is 14.1 Å². The molecule has 0 aliphatic carbocycles. The largest absolute Gasteiger partial charge is 0.508 e. The molecule has 0 unspecified atom stereocenters. The zero-order chi connectivity index (χ0) is 24.5. The quantitative estimate of drug-likeness (QED) is 0.493. The number of aryl methyl sites for hydroxylation is 3. The Hall–Kier alpha value is -3.58. The minimum atomic E-state index is -0.646. The second-order valence-electron chi connectivity index (χ2n) is 9.93. The van der Waals surface area contributed by atoms with Crippen LogP contribution in [-0.4, -0.2) is 25.4 Å². The Balaban J connectivity index is 2.02. The Morgan fingerprint density at radius 2 is 1.71 bits per heavy atom. The molecule has 0 spiro atoms. The number of phenols is 1. The Labute approximate surface area is 197 Å². The number of fused-ring (bicyclic) bond motifs is 3. The molecule has 34 heavy (non-hydrogen) atoms. The Morgan fingerprint density at radius 1 is 1.00 bits per heavy atom. The first-order valence-corrected chi connectivity index (χ1v) is 11.4. The lowest BCUT2D eigenvalue weighted by molar-refractivity contribution is -0.00799. The maximum absolute atomic E-state index is 13.6. The highest BCUT2D eigenvalue weighted by atomic mass is 16.5. The molecule has 2 aromatic heterocycles. The van der Waals surface area contributed by atoms with E-state index in [1.165, 1.54) is 11.6 Å². The molecule has 0 radical (unpaired) electrons. The van der Waals surface area contributed by atoms with Crippen molar-refractivity contribution in [3.63, 3.8) is 0 Å². The molecule has 0 saturated carbocycles. The Kier molecular flexibility index (Phi) is 4.88. The zero-order valence-electron chi connectivity index (χ0n) is 20.3. The van der Waals surface area contributed by atoms with Gasteiger partial charge in [-0.2, -0.15) is 0 Å². The highest BCUT2D eigenvalue weighted by molar-refractivity contribution is 5.97. The van der Waals surface area contributed by atoms with Crippen LogP contribution in [0.5, 0.6) is 5.75 Å². The van der Waals surface area contributed by atoms with Gasteiger partial charge in [0.1, 0.15) is 11.9 Å². The molecular formula is C27H29N3O4. The average molecular weight is 460 g/mol. The van der Waals surface area contributed by atoms with Gasteiger partial charge in [0.05, 0.1) is 34.4 Å². The third-order valence-corrected chi connectivity index (χ3v) is 6.83. The monoisotopic (exact) mass is 459 g/mol. The van der Waals surface area contributed by atoms with E-state index in [1.54, 1.807) is 13.1 Å². The zero-order valence-corrected chi connectivity index (χ0v) is 20.3. The first-order valence-electron chi connectivity index (χ1n) is 11.4. The predicted molar refractivity (Wildman–Crippen MR) is 133 cm³/mol. The van der Waals surface area contributed by atoms with Crippen LogP contribution in [0.3, 0.4) is 0 Å². The van der Waals surface area contributed by atoms with Gasteiger partial charge in [0, 0.05) is 19.7 Å². The fourth-order valence-electron chi connectivity index (χ4n) is 5.17. The molecule has 0 amide bonds. The summed E-state index contributed by atoms with van der Waals surface area (Å²) in [5.74, 6) is 0.122. The molecule has 0 bridgehead atoms. The summed E-state index contributed by atoms with van der Waals surface area (Å²) >= 11 is 0. The summed E-state index contributed by atoms with van der Waals surface area (Å²) in [6, 6.07) is 13.5. The maximum atomic E-state index is 13.6. The lowest BCUT2D eigenvalue weighted by Gasteiger charge is -2.39. The van der Waals surface area contributed by atoms with Crippen LogP contribution in [0.4, 0.5) is 0 Å². The van der Waals surface area contributed by atoms with E-state index in [1.807, 2.05) is 44.2 Å². The topological polar surface area (TPSA) is 78.4 Å². The molecule has 7 nitrogen and oxygen atoms in total. The molecule has 7 heteroatoms. The van der Waals surface area contributed by atoms with E-state index in [0.717, 1.165) is 27.0 Å². The molecule has 1 aliphatic heterocycles. The summed E-state index contributed by atoms with van der Waals surface area (Å²) in [7, 11) is 3.18. The normalized spacial score (nSPS) is 17.2. The van der Waals surface area contributed by atoms with Crippen molar-refractivity contribution < 1.29 is 9.84 Å². The molecule has 1 atom stereocenters. The minimum Gasteiger partial charge on any atom is -0.508 e. The number of benzene rings is 2. The molecule has 5 rings (SSSR count). The lowest BCUT2D eigenvalue weighted by Crippen LogP contribution is -2.40. The summed E-state index contributed by atoms with van der Waals surface area (Å²) in [6.45, 7) is 8.41. The standard InChI is InChI=1S/C27H29N3O4/c1-15-8-7-9-17(12-15)21-20-22(28(5)26(33)29(6)25(20)32)23-24(34-14-27(3,4)30(21)23)18-11-10-16(2)13-19(18)31/h7-13,24,31H,14H2,1-6H3/t24-/m1/s1.